The molecule has 19 heavy (non-hydrogen) atoms. The van der Waals surface area contributed by atoms with Gasteiger partial charge in [0, 0.05) is 23.2 Å². The van der Waals surface area contributed by atoms with E-state index >= 15 is 0 Å². The molecule has 100 valence electrons. The van der Waals surface area contributed by atoms with E-state index in [1.54, 1.807) is 12.1 Å². The van der Waals surface area contributed by atoms with E-state index in [9.17, 15) is 4.39 Å². The van der Waals surface area contributed by atoms with Gasteiger partial charge in [-0.3, -0.25) is 0 Å². The van der Waals surface area contributed by atoms with Crippen LogP contribution in [0.5, 0.6) is 0 Å². The zero-order valence-electron chi connectivity index (χ0n) is 11.1. The highest BCUT2D eigenvalue weighted by Gasteiger charge is 2.07. The van der Waals surface area contributed by atoms with Gasteiger partial charge in [-0.2, -0.15) is 0 Å². The largest absolute Gasteiger partial charge is 0.306 e. The maximum atomic E-state index is 13.6. The lowest BCUT2D eigenvalue weighted by Crippen LogP contribution is -2.18. The fraction of sp³-hybridized carbons (Fsp3) is 0.250. The van der Waals surface area contributed by atoms with Crippen molar-refractivity contribution >= 4 is 11.6 Å². The van der Waals surface area contributed by atoms with E-state index in [4.69, 9.17) is 11.6 Å². The Hall–Kier alpha value is -1.38. The van der Waals surface area contributed by atoms with Crippen molar-refractivity contribution in [3.63, 3.8) is 0 Å². The third-order valence-electron chi connectivity index (χ3n) is 3.15. The van der Waals surface area contributed by atoms with Crippen LogP contribution in [-0.2, 0) is 6.54 Å². The van der Waals surface area contributed by atoms with E-state index in [1.807, 2.05) is 6.07 Å². The first-order valence-corrected chi connectivity index (χ1v) is 6.68. The third kappa shape index (κ3) is 3.79. The maximum Gasteiger partial charge on any atom is 0.127 e. The molecule has 3 heteroatoms. The minimum atomic E-state index is -0.228. The highest BCUT2D eigenvalue weighted by atomic mass is 35.5. The number of hydrogen-bond donors (Lipinski definition) is 1. The van der Waals surface area contributed by atoms with E-state index in [1.165, 1.54) is 17.2 Å². The second-order valence-corrected chi connectivity index (χ2v) is 5.19. The Morgan fingerprint density at radius 3 is 2.74 bits per heavy atom. The van der Waals surface area contributed by atoms with Crippen LogP contribution in [0.4, 0.5) is 4.39 Å². The van der Waals surface area contributed by atoms with E-state index in [0.29, 0.717) is 17.1 Å². The molecule has 1 atom stereocenters. The summed E-state index contributed by atoms with van der Waals surface area (Å²) in [6.45, 7) is 4.59. The van der Waals surface area contributed by atoms with Gasteiger partial charge in [0.05, 0.1) is 0 Å². The smallest absolute Gasteiger partial charge is 0.127 e. The molecule has 0 heterocycles. The van der Waals surface area contributed by atoms with Crippen LogP contribution < -0.4 is 5.32 Å². The molecule has 2 rings (SSSR count). The lowest BCUT2D eigenvalue weighted by Gasteiger charge is -2.15. The van der Waals surface area contributed by atoms with Gasteiger partial charge >= 0.3 is 0 Å². The molecule has 2 aromatic carbocycles. The molecule has 0 radical (unpaired) electrons. The lowest BCUT2D eigenvalue weighted by molar-refractivity contribution is 0.544. The Bertz CT molecular complexity index is 568. The van der Waals surface area contributed by atoms with Crippen LogP contribution in [0, 0.1) is 12.7 Å². The van der Waals surface area contributed by atoms with E-state index < -0.39 is 0 Å². The first-order chi connectivity index (χ1) is 9.06. The van der Waals surface area contributed by atoms with Crippen LogP contribution in [0.15, 0.2) is 42.5 Å². The van der Waals surface area contributed by atoms with Crippen LogP contribution in [0.2, 0.25) is 5.02 Å². The molecule has 0 aliphatic rings. The Morgan fingerprint density at radius 2 is 2.00 bits per heavy atom. The summed E-state index contributed by atoms with van der Waals surface area (Å²) in [7, 11) is 0. The molecular formula is C16H17ClFN. The van der Waals surface area contributed by atoms with E-state index in [-0.39, 0.29) is 11.9 Å². The van der Waals surface area contributed by atoms with Crippen LogP contribution in [0.25, 0.3) is 0 Å². The minimum absolute atomic E-state index is 0.165. The van der Waals surface area contributed by atoms with Crippen LogP contribution in [0.3, 0.4) is 0 Å². The quantitative estimate of drug-likeness (QED) is 0.858. The van der Waals surface area contributed by atoms with E-state index in [2.05, 4.69) is 37.4 Å². The summed E-state index contributed by atoms with van der Waals surface area (Å²) < 4.78 is 13.6. The molecule has 1 nitrogen and oxygen atoms in total. The minimum Gasteiger partial charge on any atom is -0.306 e. The molecule has 0 fully saturated rings. The van der Waals surface area contributed by atoms with Crippen molar-refractivity contribution < 1.29 is 4.39 Å². The summed E-state index contributed by atoms with van der Waals surface area (Å²) >= 11 is 5.88. The molecule has 1 N–H and O–H groups in total. The van der Waals surface area contributed by atoms with Gasteiger partial charge in [0.1, 0.15) is 5.82 Å². The Morgan fingerprint density at radius 1 is 1.21 bits per heavy atom. The number of hydrogen-bond acceptors (Lipinski definition) is 1. The topological polar surface area (TPSA) is 12.0 Å². The standard InChI is InChI=1S/C16H17ClFN/c1-11-4-3-5-13(8-11)12(2)19-10-14-9-15(17)6-7-16(14)18/h3-9,12,19H,10H2,1-2H3/t12-/m1/s1. The number of nitrogens with one attached hydrogen (secondary N) is 1. The van der Waals surface area contributed by atoms with Gasteiger partial charge in [0.2, 0.25) is 0 Å². The number of aryl methyl sites for hydroxylation is 1. The molecule has 0 spiro atoms. The average Bonchev–Trinajstić information content (AvgIpc) is 2.39. The number of benzene rings is 2. The molecule has 0 unspecified atom stereocenters. The second kappa shape index (κ2) is 6.18. The van der Waals surface area contributed by atoms with Crippen LogP contribution in [0.1, 0.15) is 29.7 Å². The molecule has 0 amide bonds. The van der Waals surface area contributed by atoms with Crippen molar-refractivity contribution in [2.24, 2.45) is 0 Å². The molecule has 0 saturated carbocycles. The Labute approximate surface area is 118 Å². The van der Waals surface area contributed by atoms with Gasteiger partial charge in [-0.15, -0.1) is 0 Å². The van der Waals surface area contributed by atoms with Crippen LogP contribution >= 0.6 is 11.6 Å². The van der Waals surface area contributed by atoms with Gasteiger partial charge in [-0.25, -0.2) is 4.39 Å². The summed E-state index contributed by atoms with van der Waals surface area (Å²) in [5.41, 5.74) is 3.01. The van der Waals surface area contributed by atoms with Gasteiger partial charge in [0.15, 0.2) is 0 Å². The fourth-order valence-electron chi connectivity index (χ4n) is 2.00. The normalized spacial score (nSPS) is 12.4. The Kier molecular flexibility index (Phi) is 4.56. The molecule has 0 saturated heterocycles. The Balaban J connectivity index is 2.04. The van der Waals surface area contributed by atoms with E-state index in [0.717, 1.165) is 0 Å². The predicted octanol–water partition coefficient (Wildman–Crippen LogP) is 4.64. The number of rotatable bonds is 4. The molecule has 0 aliphatic carbocycles. The highest BCUT2D eigenvalue weighted by molar-refractivity contribution is 6.30. The predicted molar refractivity (Wildman–Crippen MR) is 77.8 cm³/mol. The van der Waals surface area contributed by atoms with Crippen molar-refractivity contribution in [3.05, 3.63) is 70.0 Å². The SMILES string of the molecule is Cc1cccc([C@@H](C)NCc2cc(Cl)ccc2F)c1. The van der Waals surface area contributed by atoms with Gasteiger partial charge < -0.3 is 5.32 Å². The first kappa shape index (κ1) is 14.0. The fourth-order valence-corrected chi connectivity index (χ4v) is 2.19. The van der Waals surface area contributed by atoms with Crippen molar-refractivity contribution in [2.75, 3.05) is 0 Å². The molecular weight excluding hydrogens is 261 g/mol. The van der Waals surface area contributed by atoms with Crippen molar-refractivity contribution in [1.29, 1.82) is 0 Å². The second-order valence-electron chi connectivity index (χ2n) is 4.75. The molecule has 0 aliphatic heterocycles. The van der Waals surface area contributed by atoms with Gasteiger partial charge in [0.25, 0.3) is 0 Å². The van der Waals surface area contributed by atoms with Crippen molar-refractivity contribution in [1.82, 2.24) is 5.32 Å². The molecule has 2 aromatic rings. The van der Waals surface area contributed by atoms with Gasteiger partial charge in [-0.1, -0.05) is 41.4 Å². The summed E-state index contributed by atoms with van der Waals surface area (Å²) in [4.78, 5) is 0. The van der Waals surface area contributed by atoms with Crippen LogP contribution in [-0.4, -0.2) is 0 Å². The zero-order chi connectivity index (χ0) is 13.8. The van der Waals surface area contributed by atoms with Gasteiger partial charge in [-0.05, 0) is 37.6 Å². The summed E-state index contributed by atoms with van der Waals surface area (Å²) in [5, 5.41) is 3.87. The summed E-state index contributed by atoms with van der Waals surface area (Å²) in [6, 6.07) is 13.1. The molecule has 0 aromatic heterocycles. The van der Waals surface area contributed by atoms with Crippen molar-refractivity contribution in [3.8, 4) is 0 Å². The summed E-state index contributed by atoms with van der Waals surface area (Å²) in [6.07, 6.45) is 0. The van der Waals surface area contributed by atoms with Crippen molar-refractivity contribution in [2.45, 2.75) is 26.4 Å². The highest BCUT2D eigenvalue weighted by Crippen LogP contribution is 2.17. The average molecular weight is 278 g/mol. The first-order valence-electron chi connectivity index (χ1n) is 6.30. The monoisotopic (exact) mass is 277 g/mol. The third-order valence-corrected chi connectivity index (χ3v) is 3.38. The summed E-state index contributed by atoms with van der Waals surface area (Å²) in [5.74, 6) is -0.228. The lowest BCUT2D eigenvalue weighted by atomic mass is 10.1. The molecule has 0 bridgehead atoms. The maximum absolute atomic E-state index is 13.6. The zero-order valence-corrected chi connectivity index (χ0v) is 11.8. The number of halogens is 2.